The number of nitrogens with zero attached hydrogens (tertiary/aromatic N) is 6. The summed E-state index contributed by atoms with van der Waals surface area (Å²) in [6.45, 7) is 6.62. The van der Waals surface area contributed by atoms with Crippen LogP contribution in [0.1, 0.15) is 30.6 Å². The summed E-state index contributed by atoms with van der Waals surface area (Å²) in [5, 5.41) is 3.14. The summed E-state index contributed by atoms with van der Waals surface area (Å²) in [5.74, 6) is 2.85. The minimum Gasteiger partial charge on any atom is -0.454 e. The fourth-order valence-electron chi connectivity index (χ4n) is 4.44. The Morgan fingerprint density at radius 2 is 2.06 bits per heavy atom. The summed E-state index contributed by atoms with van der Waals surface area (Å²) in [6.07, 6.45) is 5.58. The average molecular weight is 464 g/mol. The number of rotatable bonds is 6. The molecule has 4 heterocycles. The normalized spacial score (nSPS) is 18.7. The van der Waals surface area contributed by atoms with Crippen LogP contribution in [-0.4, -0.2) is 69.8 Å². The number of aromatic nitrogens is 4. The van der Waals surface area contributed by atoms with Crippen molar-refractivity contribution in [3.63, 3.8) is 0 Å². The van der Waals surface area contributed by atoms with Crippen LogP contribution in [0.4, 0.5) is 5.82 Å². The third-order valence-corrected chi connectivity index (χ3v) is 6.24. The molecule has 10 nitrogen and oxygen atoms in total. The molecule has 1 saturated heterocycles. The van der Waals surface area contributed by atoms with Crippen molar-refractivity contribution in [3.8, 4) is 17.4 Å². The fourth-order valence-corrected chi connectivity index (χ4v) is 4.44. The van der Waals surface area contributed by atoms with Crippen LogP contribution in [0.2, 0.25) is 0 Å². The molecular weight excluding hydrogens is 434 g/mol. The van der Waals surface area contributed by atoms with Crippen LogP contribution < -0.4 is 19.7 Å². The van der Waals surface area contributed by atoms with E-state index >= 15 is 0 Å². The average Bonchev–Trinajstić information content (AvgIpc) is 3.50. The molecule has 2 aromatic heterocycles. The number of nitrogens with one attached hydrogen (secondary N) is 1. The number of carbonyl (C=O) groups is 1. The Morgan fingerprint density at radius 3 is 2.88 bits per heavy atom. The first-order valence-corrected chi connectivity index (χ1v) is 11.4. The molecule has 1 aromatic carbocycles. The summed E-state index contributed by atoms with van der Waals surface area (Å²) < 4.78 is 12.6. The van der Waals surface area contributed by atoms with Gasteiger partial charge in [0.1, 0.15) is 12.1 Å². The number of aryl methyl sites for hydroxylation is 1. The van der Waals surface area contributed by atoms with Gasteiger partial charge in [-0.2, -0.15) is 4.98 Å². The van der Waals surface area contributed by atoms with Crippen LogP contribution in [0.5, 0.6) is 11.5 Å². The minimum atomic E-state index is -0.147. The summed E-state index contributed by atoms with van der Waals surface area (Å²) in [5.41, 5.74) is 1.85. The van der Waals surface area contributed by atoms with E-state index in [-0.39, 0.29) is 24.8 Å². The first kappa shape index (κ1) is 22.1. The molecule has 34 heavy (non-hydrogen) atoms. The Bertz CT molecular complexity index is 1170. The molecule has 0 radical (unpaired) electrons. The SMILES string of the molecule is Cc1cc(N2CCN(C)CC2CC(=O)NC(C)c2ccc3c(c2)OCO3)nc(-n2ccnc2)n1. The zero-order chi connectivity index (χ0) is 23.7. The summed E-state index contributed by atoms with van der Waals surface area (Å²) in [4.78, 5) is 31.0. The molecule has 5 rings (SSSR count). The van der Waals surface area contributed by atoms with E-state index in [1.807, 2.05) is 44.3 Å². The Kier molecular flexibility index (Phi) is 6.06. The van der Waals surface area contributed by atoms with Crippen LogP contribution in [0, 0.1) is 6.92 Å². The number of hydrogen-bond acceptors (Lipinski definition) is 8. The first-order chi connectivity index (χ1) is 16.5. The molecule has 3 aromatic rings. The van der Waals surface area contributed by atoms with Crippen LogP contribution in [-0.2, 0) is 4.79 Å². The standard InChI is InChI=1S/C24H29N7O3/c1-16-10-22(28-24(26-16)30-7-6-25-14-30)31-9-8-29(3)13-19(31)12-23(32)27-17(2)18-4-5-20-21(11-18)34-15-33-20/h4-7,10-11,14,17,19H,8-9,12-13,15H2,1-3H3,(H,27,32). The van der Waals surface area contributed by atoms with Gasteiger partial charge in [0.25, 0.3) is 0 Å². The molecule has 2 aliphatic heterocycles. The number of hydrogen-bond donors (Lipinski definition) is 1. The van der Waals surface area contributed by atoms with Crippen LogP contribution in [0.25, 0.3) is 5.95 Å². The second-order valence-corrected chi connectivity index (χ2v) is 8.85. The van der Waals surface area contributed by atoms with Gasteiger partial charge in [-0.3, -0.25) is 9.36 Å². The van der Waals surface area contributed by atoms with Crippen molar-refractivity contribution in [1.82, 2.24) is 29.7 Å². The van der Waals surface area contributed by atoms with Gasteiger partial charge >= 0.3 is 0 Å². The first-order valence-electron chi connectivity index (χ1n) is 11.4. The van der Waals surface area contributed by atoms with E-state index in [4.69, 9.17) is 14.5 Å². The number of fused-ring (bicyclic) bond motifs is 1. The van der Waals surface area contributed by atoms with Gasteiger partial charge in [-0.1, -0.05) is 6.07 Å². The van der Waals surface area contributed by atoms with Gasteiger partial charge in [0, 0.05) is 50.2 Å². The lowest BCUT2D eigenvalue weighted by Crippen LogP contribution is -2.54. The highest BCUT2D eigenvalue weighted by molar-refractivity contribution is 5.77. The number of piperazine rings is 1. The quantitative estimate of drug-likeness (QED) is 0.594. The highest BCUT2D eigenvalue weighted by atomic mass is 16.7. The Hall–Kier alpha value is -3.66. The number of benzene rings is 1. The topological polar surface area (TPSA) is 97.6 Å². The van der Waals surface area contributed by atoms with E-state index in [9.17, 15) is 4.79 Å². The highest BCUT2D eigenvalue weighted by Gasteiger charge is 2.29. The van der Waals surface area contributed by atoms with Crippen molar-refractivity contribution in [1.29, 1.82) is 0 Å². The summed E-state index contributed by atoms with van der Waals surface area (Å²) in [7, 11) is 2.08. The number of anilines is 1. The molecule has 0 spiro atoms. The van der Waals surface area contributed by atoms with Gasteiger partial charge < -0.3 is 24.6 Å². The molecule has 0 bridgehead atoms. The molecule has 2 aliphatic rings. The second kappa shape index (κ2) is 9.30. The maximum Gasteiger partial charge on any atom is 0.237 e. The molecule has 2 unspecified atom stereocenters. The van der Waals surface area contributed by atoms with Gasteiger partial charge in [-0.25, -0.2) is 9.97 Å². The Balaban J connectivity index is 1.31. The van der Waals surface area contributed by atoms with Crippen molar-refractivity contribution in [3.05, 3.63) is 54.2 Å². The zero-order valence-corrected chi connectivity index (χ0v) is 19.6. The van der Waals surface area contributed by atoms with Gasteiger partial charge in [-0.15, -0.1) is 0 Å². The molecule has 0 saturated carbocycles. The van der Waals surface area contributed by atoms with Crippen LogP contribution >= 0.6 is 0 Å². The summed E-state index contributed by atoms with van der Waals surface area (Å²) >= 11 is 0. The number of likely N-dealkylation sites (N-methyl/N-ethyl adjacent to an activating group) is 1. The molecule has 0 aliphatic carbocycles. The maximum absolute atomic E-state index is 13.1. The smallest absolute Gasteiger partial charge is 0.237 e. The van der Waals surface area contributed by atoms with Gasteiger partial charge in [-0.05, 0) is 38.6 Å². The predicted octanol–water partition coefficient (Wildman–Crippen LogP) is 2.09. The van der Waals surface area contributed by atoms with Crippen LogP contribution in [0.3, 0.4) is 0 Å². The number of amides is 1. The van der Waals surface area contributed by atoms with Gasteiger partial charge in [0.05, 0.1) is 12.1 Å². The number of imidazole rings is 1. The van der Waals surface area contributed by atoms with E-state index in [0.717, 1.165) is 42.5 Å². The number of carbonyl (C=O) groups excluding carboxylic acids is 1. The monoisotopic (exact) mass is 463 g/mol. The Labute approximate surface area is 198 Å². The summed E-state index contributed by atoms with van der Waals surface area (Å²) in [6, 6.07) is 7.59. The van der Waals surface area contributed by atoms with Crippen molar-refractivity contribution < 1.29 is 14.3 Å². The predicted molar refractivity (Wildman–Crippen MR) is 126 cm³/mol. The fraction of sp³-hybridized carbons (Fsp3) is 0.417. The van der Waals surface area contributed by atoms with E-state index < -0.39 is 0 Å². The van der Waals surface area contributed by atoms with E-state index in [1.165, 1.54) is 0 Å². The molecule has 1 amide bonds. The van der Waals surface area contributed by atoms with Crippen molar-refractivity contribution >= 4 is 11.7 Å². The van der Waals surface area contributed by atoms with E-state index in [2.05, 4.69) is 32.1 Å². The van der Waals surface area contributed by atoms with E-state index in [0.29, 0.717) is 18.1 Å². The third-order valence-electron chi connectivity index (χ3n) is 6.24. The lowest BCUT2D eigenvalue weighted by molar-refractivity contribution is -0.122. The number of ether oxygens (including phenoxy) is 2. The lowest BCUT2D eigenvalue weighted by atomic mass is 10.1. The van der Waals surface area contributed by atoms with E-state index in [1.54, 1.807) is 17.1 Å². The third kappa shape index (κ3) is 4.67. The molecule has 178 valence electrons. The van der Waals surface area contributed by atoms with Crippen LogP contribution in [0.15, 0.2) is 43.0 Å². The molecule has 1 N–H and O–H groups in total. The van der Waals surface area contributed by atoms with Crippen molar-refractivity contribution in [2.75, 3.05) is 38.4 Å². The second-order valence-electron chi connectivity index (χ2n) is 8.85. The van der Waals surface area contributed by atoms with Crippen molar-refractivity contribution in [2.45, 2.75) is 32.4 Å². The van der Waals surface area contributed by atoms with Crippen molar-refractivity contribution in [2.24, 2.45) is 0 Å². The molecule has 10 heteroatoms. The lowest BCUT2D eigenvalue weighted by Gasteiger charge is -2.40. The molecule has 2 atom stereocenters. The molecule has 1 fully saturated rings. The largest absolute Gasteiger partial charge is 0.454 e. The highest BCUT2D eigenvalue weighted by Crippen LogP contribution is 2.34. The van der Waals surface area contributed by atoms with Gasteiger partial charge in [0.15, 0.2) is 11.5 Å². The minimum absolute atomic E-state index is 0.00363. The van der Waals surface area contributed by atoms with Gasteiger partial charge in [0.2, 0.25) is 18.6 Å². The zero-order valence-electron chi connectivity index (χ0n) is 19.6. The maximum atomic E-state index is 13.1. The molecular formula is C24H29N7O3. The Morgan fingerprint density at radius 1 is 1.21 bits per heavy atom.